The van der Waals surface area contributed by atoms with Crippen LogP contribution in [0, 0.1) is 5.92 Å². The van der Waals surface area contributed by atoms with Crippen LogP contribution >= 0.6 is 0 Å². The highest BCUT2D eigenvalue weighted by Crippen LogP contribution is 2.06. The molecule has 0 aliphatic carbocycles. The third-order valence-corrected chi connectivity index (χ3v) is 6.04. The van der Waals surface area contributed by atoms with Gasteiger partial charge in [0.2, 0.25) is 5.91 Å². The van der Waals surface area contributed by atoms with E-state index >= 15 is 0 Å². The third kappa shape index (κ3) is 5.20. The minimum absolute atomic E-state index is 0.00122. The Morgan fingerprint density at radius 2 is 1.85 bits per heavy atom. The van der Waals surface area contributed by atoms with Crippen molar-refractivity contribution in [3.63, 3.8) is 0 Å². The number of nitrogens with one attached hydrogen (secondary N) is 1. The molecule has 108 valence electrons. The van der Waals surface area contributed by atoms with E-state index in [0.29, 0.717) is 5.92 Å². The summed E-state index contributed by atoms with van der Waals surface area (Å²) in [5.41, 5.74) is 5.50. The van der Waals surface area contributed by atoms with E-state index in [1.807, 2.05) is 12.1 Å². The van der Waals surface area contributed by atoms with E-state index in [2.05, 4.69) is 68.0 Å². The zero-order chi connectivity index (χ0) is 15.2. The van der Waals surface area contributed by atoms with Crippen molar-refractivity contribution in [2.75, 3.05) is 0 Å². The Hall–Kier alpha value is -1.57. The van der Waals surface area contributed by atoms with Crippen LogP contribution in [-0.4, -0.2) is 20.0 Å². The molecule has 1 amide bonds. The predicted octanol–water partition coefficient (Wildman–Crippen LogP) is 3.01. The van der Waals surface area contributed by atoms with Crippen LogP contribution in [0.15, 0.2) is 47.8 Å². The summed E-state index contributed by atoms with van der Waals surface area (Å²) < 4.78 is 0. The van der Waals surface area contributed by atoms with Gasteiger partial charge in [0.05, 0.1) is 6.04 Å². The van der Waals surface area contributed by atoms with E-state index in [-0.39, 0.29) is 11.9 Å². The molecule has 1 atom stereocenters. The van der Waals surface area contributed by atoms with Crippen LogP contribution in [0.5, 0.6) is 0 Å². The summed E-state index contributed by atoms with van der Waals surface area (Å²) in [5, 5.41) is 4.33. The fraction of sp³-hybridized carbons (Fsp3) is 0.412. The summed E-state index contributed by atoms with van der Waals surface area (Å²) in [7, 11) is -1.60. The van der Waals surface area contributed by atoms with Gasteiger partial charge in [0.15, 0.2) is 0 Å². The van der Waals surface area contributed by atoms with Gasteiger partial charge in [-0.05, 0) is 17.7 Å². The van der Waals surface area contributed by atoms with Crippen molar-refractivity contribution in [3.05, 3.63) is 47.8 Å². The number of rotatable bonds is 5. The van der Waals surface area contributed by atoms with Crippen LogP contribution in [0.3, 0.4) is 0 Å². The molecule has 2 nitrogen and oxygen atoms in total. The first kappa shape index (κ1) is 16.5. The maximum absolute atomic E-state index is 11.2. The van der Waals surface area contributed by atoms with Crippen LogP contribution in [-0.2, 0) is 4.79 Å². The van der Waals surface area contributed by atoms with Crippen molar-refractivity contribution >= 4 is 19.2 Å². The Labute approximate surface area is 123 Å². The molecule has 0 radical (unpaired) electrons. The monoisotopic (exact) mass is 287 g/mol. The SMILES string of the molecule is CC(=O)N[C@@H](C=C=C[Si](C)(C)c1ccccc1)C(C)C. The molecule has 0 fully saturated rings. The van der Waals surface area contributed by atoms with Gasteiger partial charge in [-0.3, -0.25) is 4.79 Å². The second kappa shape index (κ2) is 7.27. The van der Waals surface area contributed by atoms with Crippen LogP contribution in [0.25, 0.3) is 0 Å². The summed E-state index contributed by atoms with van der Waals surface area (Å²) >= 11 is 0. The van der Waals surface area contributed by atoms with E-state index in [4.69, 9.17) is 0 Å². The zero-order valence-electron chi connectivity index (χ0n) is 13.1. The quantitative estimate of drug-likeness (QED) is 0.654. The van der Waals surface area contributed by atoms with E-state index in [1.54, 1.807) is 6.92 Å². The number of hydrogen-bond acceptors (Lipinski definition) is 1. The Kier molecular flexibility index (Phi) is 5.99. The highest BCUT2D eigenvalue weighted by Gasteiger charge is 2.19. The van der Waals surface area contributed by atoms with Crippen LogP contribution in [0.4, 0.5) is 0 Å². The first-order valence-corrected chi connectivity index (χ1v) is 10.2. The third-order valence-electron chi connectivity index (χ3n) is 3.33. The first-order valence-electron chi connectivity index (χ1n) is 7.09. The maximum Gasteiger partial charge on any atom is 0.217 e. The fourth-order valence-corrected chi connectivity index (χ4v) is 3.68. The lowest BCUT2D eigenvalue weighted by Gasteiger charge is -2.18. The van der Waals surface area contributed by atoms with Crippen molar-refractivity contribution in [1.82, 2.24) is 5.32 Å². The minimum Gasteiger partial charge on any atom is -0.349 e. The second-order valence-electron chi connectivity index (χ2n) is 6.04. The van der Waals surface area contributed by atoms with E-state index in [9.17, 15) is 4.79 Å². The Morgan fingerprint density at radius 3 is 2.35 bits per heavy atom. The number of carbonyl (C=O) groups is 1. The summed E-state index contributed by atoms with van der Waals surface area (Å²) in [4.78, 5) is 11.2. The van der Waals surface area contributed by atoms with Gasteiger partial charge in [-0.2, -0.15) is 0 Å². The molecule has 1 rings (SSSR count). The zero-order valence-corrected chi connectivity index (χ0v) is 14.1. The molecule has 20 heavy (non-hydrogen) atoms. The van der Waals surface area contributed by atoms with Crippen molar-refractivity contribution in [2.45, 2.75) is 39.9 Å². The maximum atomic E-state index is 11.2. The molecule has 0 bridgehead atoms. The van der Waals surface area contributed by atoms with E-state index < -0.39 is 8.07 Å². The number of benzene rings is 1. The summed E-state index contributed by atoms with van der Waals surface area (Å²) in [6.07, 6.45) is 1.98. The molecule has 0 unspecified atom stereocenters. The minimum atomic E-state index is -1.60. The summed E-state index contributed by atoms with van der Waals surface area (Å²) in [6.45, 7) is 10.3. The Balaban J connectivity index is 2.88. The van der Waals surface area contributed by atoms with Gasteiger partial charge in [-0.25, -0.2) is 0 Å². The predicted molar refractivity (Wildman–Crippen MR) is 88.7 cm³/mol. The molecule has 0 aliphatic rings. The molecule has 3 heteroatoms. The smallest absolute Gasteiger partial charge is 0.217 e. The standard InChI is InChI=1S/C17H25NOSi/c1-14(2)17(18-15(3)19)12-9-13-20(4,5)16-10-7-6-8-11-16/h6-8,10-14,17H,1-5H3,(H,18,19)/t9?,17-/m0/s1. The van der Waals surface area contributed by atoms with Gasteiger partial charge in [0.25, 0.3) is 0 Å². The lowest BCUT2D eigenvalue weighted by Crippen LogP contribution is -2.39. The molecule has 0 aliphatic heterocycles. The van der Waals surface area contributed by atoms with Crippen molar-refractivity contribution < 1.29 is 4.79 Å². The lowest BCUT2D eigenvalue weighted by atomic mass is 10.0. The average Bonchev–Trinajstić information content (AvgIpc) is 2.38. The van der Waals surface area contributed by atoms with Gasteiger partial charge in [0.1, 0.15) is 8.07 Å². The summed E-state index contributed by atoms with van der Waals surface area (Å²) in [5.74, 6) is 0.364. The van der Waals surface area contributed by atoms with Gasteiger partial charge < -0.3 is 5.32 Å². The van der Waals surface area contributed by atoms with Crippen LogP contribution in [0.2, 0.25) is 13.1 Å². The van der Waals surface area contributed by atoms with Gasteiger partial charge >= 0.3 is 0 Å². The molecular weight excluding hydrogens is 262 g/mol. The highest BCUT2D eigenvalue weighted by atomic mass is 28.3. The average molecular weight is 287 g/mol. The summed E-state index contributed by atoms with van der Waals surface area (Å²) in [6, 6.07) is 10.6. The fourth-order valence-electron chi connectivity index (χ4n) is 1.95. The molecule has 0 heterocycles. The van der Waals surface area contributed by atoms with Crippen LogP contribution < -0.4 is 10.5 Å². The molecule has 1 aromatic carbocycles. The van der Waals surface area contributed by atoms with Gasteiger partial charge in [-0.1, -0.05) is 62.5 Å². The van der Waals surface area contributed by atoms with Crippen molar-refractivity contribution in [3.8, 4) is 0 Å². The molecule has 1 N–H and O–H groups in total. The molecule has 0 spiro atoms. The Morgan fingerprint density at radius 1 is 1.25 bits per heavy atom. The number of amides is 1. The van der Waals surface area contributed by atoms with Crippen molar-refractivity contribution in [1.29, 1.82) is 0 Å². The van der Waals surface area contributed by atoms with Gasteiger partial charge in [0, 0.05) is 6.92 Å². The van der Waals surface area contributed by atoms with Gasteiger partial charge in [-0.15, -0.1) is 5.73 Å². The van der Waals surface area contributed by atoms with Crippen LogP contribution in [0.1, 0.15) is 20.8 Å². The topological polar surface area (TPSA) is 29.1 Å². The molecule has 1 aromatic rings. The molecule has 0 saturated heterocycles. The number of carbonyl (C=O) groups excluding carboxylic acids is 1. The Bertz CT molecular complexity index is 499. The molecule has 0 aromatic heterocycles. The van der Waals surface area contributed by atoms with E-state index in [1.165, 1.54) is 5.19 Å². The second-order valence-corrected chi connectivity index (χ2v) is 10.3. The molecular formula is C17H25NOSi. The van der Waals surface area contributed by atoms with Crippen molar-refractivity contribution in [2.24, 2.45) is 5.92 Å². The van der Waals surface area contributed by atoms with E-state index in [0.717, 1.165) is 0 Å². The lowest BCUT2D eigenvalue weighted by molar-refractivity contribution is -0.119. The normalized spacial score (nSPS) is 12.5. The number of hydrogen-bond donors (Lipinski definition) is 1. The molecule has 0 saturated carbocycles. The highest BCUT2D eigenvalue weighted by molar-refractivity contribution is 6.93. The largest absolute Gasteiger partial charge is 0.349 e. The first-order chi connectivity index (χ1) is 9.33.